The molecule has 1 heterocycles. The van der Waals surface area contributed by atoms with Crippen molar-refractivity contribution in [1.29, 1.82) is 0 Å². The number of benzene rings is 2. The predicted molar refractivity (Wildman–Crippen MR) is 89.5 cm³/mol. The van der Waals surface area contributed by atoms with Gasteiger partial charge in [0.15, 0.2) is 11.6 Å². The smallest absolute Gasteiger partial charge is 0.178 e. The first kappa shape index (κ1) is 14.3. The van der Waals surface area contributed by atoms with Gasteiger partial charge in [-0.2, -0.15) is 0 Å². The third kappa shape index (κ3) is 2.63. The number of nitrogens with zero attached hydrogens (tertiary/aromatic N) is 1. The second kappa shape index (κ2) is 5.65. The van der Waals surface area contributed by atoms with Crippen LogP contribution in [0.2, 0.25) is 5.02 Å². The first-order valence-electron chi connectivity index (χ1n) is 6.03. The Morgan fingerprint density at radius 2 is 1.90 bits per heavy atom. The van der Waals surface area contributed by atoms with Gasteiger partial charge in [0.05, 0.1) is 5.56 Å². The number of nitrogen functional groups attached to an aromatic ring is 1. The summed E-state index contributed by atoms with van der Waals surface area (Å²) >= 11 is 8.27. The maximum absolute atomic E-state index is 13.3. The van der Waals surface area contributed by atoms with E-state index in [1.165, 1.54) is 12.1 Å². The zero-order valence-electron chi connectivity index (χ0n) is 10.6. The maximum atomic E-state index is 13.3. The molecule has 0 fully saturated rings. The number of rotatable bonds is 2. The van der Waals surface area contributed by atoms with Crippen LogP contribution in [-0.2, 0) is 0 Å². The molecule has 0 amide bonds. The van der Waals surface area contributed by atoms with Crippen LogP contribution in [0.25, 0.3) is 22.5 Å². The van der Waals surface area contributed by atoms with E-state index in [1.807, 2.05) is 40.8 Å². The van der Waals surface area contributed by atoms with Crippen molar-refractivity contribution in [2.75, 3.05) is 5.73 Å². The summed E-state index contributed by atoms with van der Waals surface area (Å²) in [6.45, 7) is 0. The Morgan fingerprint density at radius 1 is 1.14 bits per heavy atom. The molecule has 0 aliphatic heterocycles. The minimum absolute atomic E-state index is 0.248. The van der Waals surface area contributed by atoms with E-state index in [9.17, 15) is 4.39 Å². The molecular weight excluding hydrogens is 406 g/mol. The van der Waals surface area contributed by atoms with Crippen LogP contribution in [0.3, 0.4) is 0 Å². The van der Waals surface area contributed by atoms with Crippen LogP contribution < -0.4 is 5.73 Å². The van der Waals surface area contributed by atoms with Crippen molar-refractivity contribution in [2.45, 2.75) is 0 Å². The molecule has 6 heteroatoms. The highest BCUT2D eigenvalue weighted by Gasteiger charge is 2.21. The van der Waals surface area contributed by atoms with Crippen molar-refractivity contribution in [3.05, 3.63) is 56.9 Å². The number of nitrogens with two attached hydrogens (primary N) is 1. The third-order valence-electron chi connectivity index (χ3n) is 3.04. The molecular formula is C15H9ClFIN2O. The van der Waals surface area contributed by atoms with Gasteiger partial charge in [-0.05, 0) is 46.9 Å². The fourth-order valence-corrected chi connectivity index (χ4v) is 3.04. The highest BCUT2D eigenvalue weighted by molar-refractivity contribution is 14.1. The summed E-state index contributed by atoms with van der Waals surface area (Å²) in [6.07, 6.45) is 0. The maximum Gasteiger partial charge on any atom is 0.178 e. The van der Waals surface area contributed by atoms with Crippen LogP contribution >= 0.6 is 34.2 Å². The van der Waals surface area contributed by atoms with Crippen molar-refractivity contribution in [1.82, 2.24) is 5.16 Å². The number of anilines is 1. The fraction of sp³-hybridized carbons (Fsp3) is 0. The number of halogens is 3. The fourth-order valence-electron chi connectivity index (χ4n) is 2.08. The molecule has 2 N–H and O–H groups in total. The summed E-state index contributed by atoms with van der Waals surface area (Å²) in [7, 11) is 0. The molecule has 3 nitrogen and oxygen atoms in total. The molecule has 0 radical (unpaired) electrons. The van der Waals surface area contributed by atoms with Gasteiger partial charge in [0, 0.05) is 19.7 Å². The van der Waals surface area contributed by atoms with Crippen molar-refractivity contribution in [3.8, 4) is 22.5 Å². The Kier molecular flexibility index (Phi) is 3.86. The normalized spacial score (nSPS) is 10.8. The monoisotopic (exact) mass is 414 g/mol. The van der Waals surface area contributed by atoms with Gasteiger partial charge < -0.3 is 10.3 Å². The van der Waals surface area contributed by atoms with Crippen LogP contribution in [0, 0.1) is 9.39 Å². The number of aromatic nitrogens is 1. The standard InChI is InChI=1S/C15H9ClFIN2O/c16-11-4-2-1-3-9(11)13-14(21-20-15(13)19)10-6-5-8(17)7-12(10)18/h1-7H,(H2,19,20). The minimum atomic E-state index is -0.310. The van der Waals surface area contributed by atoms with Gasteiger partial charge in [0.25, 0.3) is 0 Å². The molecule has 106 valence electrons. The van der Waals surface area contributed by atoms with Crippen LogP contribution in [-0.4, -0.2) is 5.16 Å². The first-order chi connectivity index (χ1) is 10.1. The lowest BCUT2D eigenvalue weighted by molar-refractivity contribution is 0.436. The Morgan fingerprint density at radius 3 is 2.62 bits per heavy atom. The predicted octanol–water partition coefficient (Wildman–Crippen LogP) is 4.99. The Labute approximate surface area is 139 Å². The molecule has 21 heavy (non-hydrogen) atoms. The van der Waals surface area contributed by atoms with E-state index in [0.717, 1.165) is 11.1 Å². The van der Waals surface area contributed by atoms with Crippen molar-refractivity contribution >= 4 is 40.0 Å². The Hall–Kier alpha value is -1.60. The topological polar surface area (TPSA) is 52.0 Å². The third-order valence-corrected chi connectivity index (χ3v) is 4.26. The molecule has 0 saturated heterocycles. The second-order valence-corrected chi connectivity index (χ2v) is 5.95. The van der Waals surface area contributed by atoms with Gasteiger partial charge in [-0.25, -0.2) is 4.39 Å². The van der Waals surface area contributed by atoms with Gasteiger partial charge in [0.2, 0.25) is 0 Å². The minimum Gasteiger partial charge on any atom is -0.380 e. The van der Waals surface area contributed by atoms with Crippen LogP contribution in [0.1, 0.15) is 0 Å². The zero-order valence-corrected chi connectivity index (χ0v) is 13.5. The van der Waals surface area contributed by atoms with Crippen LogP contribution in [0.4, 0.5) is 10.2 Å². The molecule has 0 bridgehead atoms. The molecule has 0 saturated carbocycles. The first-order valence-corrected chi connectivity index (χ1v) is 7.49. The molecule has 0 atom stereocenters. The van der Waals surface area contributed by atoms with Gasteiger partial charge >= 0.3 is 0 Å². The van der Waals surface area contributed by atoms with Gasteiger partial charge in [-0.15, -0.1) is 0 Å². The summed E-state index contributed by atoms with van der Waals surface area (Å²) < 4.78 is 19.3. The lowest BCUT2D eigenvalue weighted by Gasteiger charge is -2.06. The highest BCUT2D eigenvalue weighted by atomic mass is 127. The van der Waals surface area contributed by atoms with Crippen molar-refractivity contribution in [2.24, 2.45) is 0 Å². The van der Waals surface area contributed by atoms with Crippen LogP contribution in [0.15, 0.2) is 47.0 Å². The SMILES string of the molecule is Nc1noc(-c2ccc(F)cc2I)c1-c1ccccc1Cl. The summed E-state index contributed by atoms with van der Waals surface area (Å²) in [4.78, 5) is 0. The molecule has 0 spiro atoms. The quantitative estimate of drug-likeness (QED) is 0.601. The van der Waals surface area contributed by atoms with E-state index in [0.29, 0.717) is 19.9 Å². The lowest BCUT2D eigenvalue weighted by atomic mass is 10.0. The van der Waals surface area contributed by atoms with Crippen molar-refractivity contribution in [3.63, 3.8) is 0 Å². The van der Waals surface area contributed by atoms with Gasteiger partial charge in [-0.3, -0.25) is 0 Å². The Balaban J connectivity index is 2.25. The molecule has 0 unspecified atom stereocenters. The molecule has 0 aliphatic carbocycles. The second-order valence-electron chi connectivity index (χ2n) is 4.38. The van der Waals surface area contributed by atoms with E-state index >= 15 is 0 Å². The average molecular weight is 415 g/mol. The molecule has 3 aromatic rings. The number of hydrogen-bond donors (Lipinski definition) is 1. The molecule has 1 aromatic heterocycles. The molecule has 0 aliphatic rings. The Bertz CT molecular complexity index is 819. The molecule has 3 rings (SSSR count). The lowest BCUT2D eigenvalue weighted by Crippen LogP contribution is -1.91. The van der Waals surface area contributed by atoms with Crippen LogP contribution in [0.5, 0.6) is 0 Å². The van der Waals surface area contributed by atoms with E-state index in [4.69, 9.17) is 21.9 Å². The summed E-state index contributed by atoms with van der Waals surface area (Å²) in [6, 6.07) is 11.7. The molecule has 2 aromatic carbocycles. The highest BCUT2D eigenvalue weighted by Crippen LogP contribution is 2.41. The zero-order chi connectivity index (χ0) is 15.0. The van der Waals surface area contributed by atoms with E-state index in [-0.39, 0.29) is 11.6 Å². The summed E-state index contributed by atoms with van der Waals surface area (Å²) in [5, 5.41) is 4.37. The van der Waals surface area contributed by atoms with Crippen molar-refractivity contribution < 1.29 is 8.91 Å². The number of hydrogen-bond acceptors (Lipinski definition) is 3. The summed E-state index contributed by atoms with van der Waals surface area (Å²) in [5.41, 5.74) is 7.98. The average Bonchev–Trinajstić information content (AvgIpc) is 2.81. The van der Waals surface area contributed by atoms with E-state index < -0.39 is 0 Å². The largest absolute Gasteiger partial charge is 0.380 e. The summed E-state index contributed by atoms with van der Waals surface area (Å²) in [5.74, 6) is 0.415. The van der Waals surface area contributed by atoms with Gasteiger partial charge in [-0.1, -0.05) is 35.0 Å². The van der Waals surface area contributed by atoms with Gasteiger partial charge in [0.1, 0.15) is 5.82 Å². The van der Waals surface area contributed by atoms with E-state index in [1.54, 1.807) is 12.1 Å². The van der Waals surface area contributed by atoms with E-state index in [2.05, 4.69) is 5.16 Å².